The average Bonchev–Trinajstić information content (AvgIpc) is 1.69. The molecule has 0 rings (SSSR count). The molecule has 7 heavy (non-hydrogen) atoms. The third-order valence-electron chi connectivity index (χ3n) is 0.351. The number of nitrogens with one attached hydrogen (secondary N) is 1. The van der Waals surface area contributed by atoms with Crippen molar-refractivity contribution in [3.05, 3.63) is 0 Å². The van der Waals surface area contributed by atoms with E-state index >= 15 is 0 Å². The molecule has 0 radical (unpaired) electrons. The maximum atomic E-state index is 9.40. The molecule has 0 bridgehead atoms. The summed E-state index contributed by atoms with van der Waals surface area (Å²) in [5.74, 6) is 0. The summed E-state index contributed by atoms with van der Waals surface area (Å²) in [7, 11) is 0. The first-order valence-electron chi connectivity index (χ1n) is 1.93. The number of hydrogen-bond donors (Lipinski definition) is 2. The highest BCUT2D eigenvalue weighted by molar-refractivity contribution is 5.43. The molecule has 4 heteroatoms. The quantitative estimate of drug-likeness (QED) is 0.262. The summed E-state index contributed by atoms with van der Waals surface area (Å²) in [6.07, 6.45) is 0.454. The topological polar surface area (TPSA) is 64.3 Å². The van der Waals surface area contributed by atoms with Gasteiger partial charge in [0, 0.05) is 6.54 Å². The minimum absolute atomic E-state index is 0.360. The van der Waals surface area contributed by atoms with E-state index in [2.05, 4.69) is 4.84 Å². The predicted molar refractivity (Wildman–Crippen MR) is 24.2 cm³/mol. The molecule has 0 aromatic heterocycles. The van der Waals surface area contributed by atoms with E-state index in [1.54, 1.807) is 0 Å². The summed E-state index contributed by atoms with van der Waals surface area (Å²) < 4.78 is 0. The van der Waals surface area contributed by atoms with Crippen LogP contribution in [-0.4, -0.2) is 19.6 Å². The van der Waals surface area contributed by atoms with Gasteiger partial charge in [-0.15, -0.1) is 0 Å². The first-order valence-corrected chi connectivity index (χ1v) is 1.93. The molecule has 4 nitrogen and oxygen atoms in total. The lowest BCUT2D eigenvalue weighted by Crippen LogP contribution is -2.17. The van der Waals surface area contributed by atoms with Gasteiger partial charge in [0.15, 0.2) is 0 Å². The monoisotopic (exact) mass is 104 g/mol. The van der Waals surface area contributed by atoms with E-state index in [-0.39, 0.29) is 0 Å². The van der Waals surface area contributed by atoms with Crippen LogP contribution in [0.2, 0.25) is 0 Å². The van der Waals surface area contributed by atoms with Gasteiger partial charge in [0.2, 0.25) is 6.41 Å². The lowest BCUT2D eigenvalue weighted by atomic mass is 10.8. The number of rotatable bonds is 4. The molecule has 1 amide bonds. The van der Waals surface area contributed by atoms with Gasteiger partial charge in [-0.3, -0.25) is 9.63 Å². The van der Waals surface area contributed by atoms with Crippen LogP contribution in [0.15, 0.2) is 0 Å². The molecule has 0 aliphatic heterocycles. The summed E-state index contributed by atoms with van der Waals surface area (Å²) in [6.45, 7) is 0.777. The second-order valence-corrected chi connectivity index (χ2v) is 0.873. The Bertz CT molecular complexity index is 48.2. The Morgan fingerprint density at radius 3 is 3.00 bits per heavy atom. The van der Waals surface area contributed by atoms with Crippen molar-refractivity contribution in [2.45, 2.75) is 0 Å². The van der Waals surface area contributed by atoms with Gasteiger partial charge < -0.3 is 5.73 Å². The van der Waals surface area contributed by atoms with Crippen LogP contribution in [0, 0.1) is 0 Å². The molecule has 0 aromatic carbocycles. The van der Waals surface area contributed by atoms with Crippen molar-refractivity contribution in [3.63, 3.8) is 0 Å². The maximum absolute atomic E-state index is 9.40. The molecule has 0 aromatic rings. The molecule has 0 unspecified atom stereocenters. The summed E-state index contributed by atoms with van der Waals surface area (Å²) in [6, 6.07) is 0. The highest BCUT2D eigenvalue weighted by Gasteiger charge is 1.75. The molecule has 0 heterocycles. The Balaban J connectivity index is 2.56. The van der Waals surface area contributed by atoms with Crippen molar-refractivity contribution in [2.24, 2.45) is 5.73 Å². The Morgan fingerprint density at radius 2 is 2.57 bits per heavy atom. The molecule has 42 valence electrons. The van der Waals surface area contributed by atoms with Crippen molar-refractivity contribution in [1.29, 1.82) is 0 Å². The van der Waals surface area contributed by atoms with Gasteiger partial charge in [0.05, 0.1) is 6.61 Å². The zero-order chi connectivity index (χ0) is 5.54. The second-order valence-electron chi connectivity index (χ2n) is 0.873. The summed E-state index contributed by atoms with van der Waals surface area (Å²) in [4.78, 5) is 13.8. The Morgan fingerprint density at radius 1 is 1.86 bits per heavy atom. The first kappa shape index (κ1) is 6.39. The minimum Gasteiger partial charge on any atom is -0.328 e. The van der Waals surface area contributed by atoms with Crippen LogP contribution in [-0.2, 0) is 9.63 Å². The number of carbonyl (C=O) groups excluding carboxylic acids is 1. The summed E-state index contributed by atoms with van der Waals surface area (Å²) in [5, 5.41) is 0. The highest BCUT2D eigenvalue weighted by Crippen LogP contribution is 1.55. The van der Waals surface area contributed by atoms with Gasteiger partial charge in [-0.1, -0.05) is 0 Å². The number of amides is 1. The van der Waals surface area contributed by atoms with Crippen LogP contribution in [0.3, 0.4) is 0 Å². The Hall–Kier alpha value is -0.610. The zero-order valence-electron chi connectivity index (χ0n) is 3.89. The Kier molecular flexibility index (Phi) is 4.92. The normalized spacial score (nSPS) is 8.14. The van der Waals surface area contributed by atoms with Crippen molar-refractivity contribution in [3.8, 4) is 0 Å². The molecule has 0 aliphatic carbocycles. The lowest BCUT2D eigenvalue weighted by molar-refractivity contribution is -0.120. The molecule has 0 saturated heterocycles. The zero-order valence-corrected chi connectivity index (χ0v) is 3.89. The van der Waals surface area contributed by atoms with Crippen LogP contribution in [0.5, 0.6) is 0 Å². The van der Waals surface area contributed by atoms with Gasteiger partial charge in [-0.05, 0) is 0 Å². The van der Waals surface area contributed by atoms with E-state index in [1.165, 1.54) is 0 Å². The molecule has 0 aliphatic rings. The van der Waals surface area contributed by atoms with Gasteiger partial charge in [-0.2, -0.15) is 0 Å². The third kappa shape index (κ3) is 5.39. The van der Waals surface area contributed by atoms with Crippen LogP contribution < -0.4 is 11.2 Å². The van der Waals surface area contributed by atoms with Crippen LogP contribution >= 0.6 is 0 Å². The fourth-order valence-corrected chi connectivity index (χ4v) is 0.152. The molecular formula is C3H8N2O2. The second kappa shape index (κ2) is 5.39. The van der Waals surface area contributed by atoms with Crippen molar-refractivity contribution < 1.29 is 9.63 Å². The van der Waals surface area contributed by atoms with Crippen LogP contribution in [0.1, 0.15) is 0 Å². The van der Waals surface area contributed by atoms with Crippen molar-refractivity contribution in [1.82, 2.24) is 5.48 Å². The standard InChI is InChI=1S/C3H8N2O2/c4-1-2-7-5-3-6/h3H,1-2,4H2,(H,5,6). The van der Waals surface area contributed by atoms with E-state index in [4.69, 9.17) is 5.73 Å². The predicted octanol–water partition coefficient (Wildman–Crippen LogP) is -1.38. The van der Waals surface area contributed by atoms with Gasteiger partial charge in [-0.25, -0.2) is 5.48 Å². The number of nitrogens with two attached hydrogens (primary N) is 1. The first-order chi connectivity index (χ1) is 3.41. The van der Waals surface area contributed by atoms with Crippen LogP contribution in [0.25, 0.3) is 0 Å². The molecule has 0 spiro atoms. The van der Waals surface area contributed by atoms with Gasteiger partial charge >= 0.3 is 0 Å². The van der Waals surface area contributed by atoms with E-state index in [0.29, 0.717) is 19.6 Å². The van der Waals surface area contributed by atoms with Crippen molar-refractivity contribution >= 4 is 6.41 Å². The largest absolute Gasteiger partial charge is 0.328 e. The molecule has 3 N–H and O–H groups in total. The molecule has 0 saturated carbocycles. The van der Waals surface area contributed by atoms with E-state index in [1.807, 2.05) is 5.48 Å². The average molecular weight is 104 g/mol. The van der Waals surface area contributed by atoms with E-state index in [9.17, 15) is 4.79 Å². The smallest absolute Gasteiger partial charge is 0.230 e. The summed E-state index contributed by atoms with van der Waals surface area (Å²) in [5.41, 5.74) is 6.98. The fourth-order valence-electron chi connectivity index (χ4n) is 0.152. The van der Waals surface area contributed by atoms with E-state index in [0.717, 1.165) is 0 Å². The Labute approximate surface area is 41.6 Å². The number of carbonyl (C=O) groups is 1. The van der Waals surface area contributed by atoms with Gasteiger partial charge in [0.1, 0.15) is 0 Å². The maximum Gasteiger partial charge on any atom is 0.230 e. The molecule has 0 fully saturated rings. The number of hydrogen-bond acceptors (Lipinski definition) is 3. The third-order valence-corrected chi connectivity index (χ3v) is 0.351. The molecule has 0 atom stereocenters. The summed E-state index contributed by atoms with van der Waals surface area (Å²) >= 11 is 0. The fraction of sp³-hybridized carbons (Fsp3) is 0.667. The lowest BCUT2D eigenvalue weighted by Gasteiger charge is -1.93. The number of hydroxylamine groups is 1. The molecular weight excluding hydrogens is 96.0 g/mol. The van der Waals surface area contributed by atoms with E-state index < -0.39 is 0 Å². The van der Waals surface area contributed by atoms with Crippen LogP contribution in [0.4, 0.5) is 0 Å². The minimum atomic E-state index is 0.360. The highest BCUT2D eigenvalue weighted by atomic mass is 16.6. The van der Waals surface area contributed by atoms with Crippen molar-refractivity contribution in [2.75, 3.05) is 13.2 Å². The van der Waals surface area contributed by atoms with Gasteiger partial charge in [0.25, 0.3) is 0 Å². The SMILES string of the molecule is NCCONC=O.